The number of amides is 1. The van der Waals surface area contributed by atoms with Crippen LogP contribution in [-0.4, -0.2) is 42.3 Å². The van der Waals surface area contributed by atoms with Crippen LogP contribution >= 0.6 is 12.2 Å². The largest absolute Gasteiger partial charge is 0.379 e. The van der Waals surface area contributed by atoms with Crippen molar-refractivity contribution in [1.29, 1.82) is 0 Å². The van der Waals surface area contributed by atoms with Crippen molar-refractivity contribution in [2.45, 2.75) is 5.92 Å². The van der Waals surface area contributed by atoms with Crippen molar-refractivity contribution in [3.63, 3.8) is 0 Å². The van der Waals surface area contributed by atoms with Crippen LogP contribution < -0.4 is 16.3 Å². The van der Waals surface area contributed by atoms with E-state index in [1.54, 1.807) is 0 Å². The Bertz CT molecular complexity index is 681. The number of benzene rings is 2. The molecule has 1 aliphatic rings. The molecule has 0 radical (unpaired) electrons. The van der Waals surface area contributed by atoms with Crippen LogP contribution in [0.15, 0.2) is 60.7 Å². The summed E-state index contributed by atoms with van der Waals surface area (Å²) in [5, 5.41) is 2.30. The van der Waals surface area contributed by atoms with Crippen molar-refractivity contribution in [3.8, 4) is 0 Å². The molecule has 1 aliphatic heterocycles. The number of hydrogen-bond donors (Lipinski definition) is 3. The average Bonchev–Trinajstić information content (AvgIpc) is 2.69. The number of hydrogen-bond acceptors (Lipinski definition) is 4. The molecule has 26 heavy (non-hydrogen) atoms. The quantitative estimate of drug-likeness (QED) is 0.561. The van der Waals surface area contributed by atoms with Gasteiger partial charge in [-0.15, -0.1) is 0 Å². The summed E-state index contributed by atoms with van der Waals surface area (Å²) in [6, 6.07) is 19.4. The molecule has 1 amide bonds. The topological polar surface area (TPSA) is 65.6 Å². The van der Waals surface area contributed by atoms with Crippen LogP contribution in [0.1, 0.15) is 17.0 Å². The molecule has 136 valence electrons. The van der Waals surface area contributed by atoms with Gasteiger partial charge in [0.2, 0.25) is 5.91 Å². The lowest BCUT2D eigenvalue weighted by molar-refractivity contribution is -0.122. The fraction of sp³-hybridized carbons (Fsp3) is 0.263. The van der Waals surface area contributed by atoms with Gasteiger partial charge in [0.1, 0.15) is 0 Å². The van der Waals surface area contributed by atoms with E-state index in [2.05, 4.69) is 16.3 Å². The van der Waals surface area contributed by atoms with E-state index in [1.807, 2.05) is 65.7 Å². The van der Waals surface area contributed by atoms with Gasteiger partial charge in [-0.05, 0) is 23.3 Å². The number of nitrogens with zero attached hydrogens (tertiary/aromatic N) is 1. The Hall–Kier alpha value is -2.48. The van der Waals surface area contributed by atoms with Crippen LogP contribution in [0.5, 0.6) is 0 Å². The van der Waals surface area contributed by atoms with Crippen LogP contribution in [0.3, 0.4) is 0 Å². The fourth-order valence-electron chi connectivity index (χ4n) is 2.82. The van der Waals surface area contributed by atoms with Crippen LogP contribution in [0.25, 0.3) is 0 Å². The minimum atomic E-state index is -0.420. The maximum absolute atomic E-state index is 12.8. The second-order valence-corrected chi connectivity index (χ2v) is 6.32. The van der Waals surface area contributed by atoms with E-state index in [0.29, 0.717) is 18.3 Å². The maximum atomic E-state index is 12.8. The SMILES string of the molecule is O=C(NNC(=S)NN1CCOCC1)C(c1ccccc1)c1ccccc1. The van der Waals surface area contributed by atoms with Crippen molar-refractivity contribution in [3.05, 3.63) is 71.8 Å². The molecule has 1 fully saturated rings. The van der Waals surface area contributed by atoms with Gasteiger partial charge >= 0.3 is 0 Å². The molecule has 0 atom stereocenters. The molecule has 0 spiro atoms. The molecule has 1 saturated heterocycles. The van der Waals surface area contributed by atoms with Crippen molar-refractivity contribution >= 4 is 23.2 Å². The van der Waals surface area contributed by atoms with E-state index < -0.39 is 5.92 Å². The van der Waals surface area contributed by atoms with Crippen LogP contribution in [-0.2, 0) is 9.53 Å². The predicted molar refractivity (Wildman–Crippen MR) is 104 cm³/mol. The number of ether oxygens (including phenoxy) is 1. The van der Waals surface area contributed by atoms with Crippen molar-refractivity contribution in [2.75, 3.05) is 26.3 Å². The molecule has 0 bridgehead atoms. The summed E-state index contributed by atoms with van der Waals surface area (Å²) in [7, 11) is 0. The normalized spacial score (nSPS) is 14.7. The average molecular weight is 370 g/mol. The standard InChI is InChI=1S/C19H22N4O2S/c24-18(20-21-19(26)22-23-11-13-25-14-12-23)17(15-7-3-1-4-8-15)16-9-5-2-6-10-16/h1-10,17H,11-14H2,(H,20,24)(H2,21,22,26). The number of thiocarbonyl (C=S) groups is 1. The van der Waals surface area contributed by atoms with Gasteiger partial charge in [0.05, 0.1) is 19.1 Å². The minimum absolute atomic E-state index is 0.173. The zero-order valence-electron chi connectivity index (χ0n) is 14.4. The summed E-state index contributed by atoms with van der Waals surface area (Å²) >= 11 is 5.25. The lowest BCUT2D eigenvalue weighted by atomic mass is 9.91. The molecule has 0 aliphatic carbocycles. The smallest absolute Gasteiger partial charge is 0.250 e. The van der Waals surface area contributed by atoms with Gasteiger partial charge < -0.3 is 4.74 Å². The Labute approximate surface area is 158 Å². The molecule has 6 nitrogen and oxygen atoms in total. The number of nitrogens with one attached hydrogen (secondary N) is 3. The highest BCUT2D eigenvalue weighted by Gasteiger charge is 2.22. The Kier molecular flexibility index (Phi) is 6.54. The highest BCUT2D eigenvalue weighted by molar-refractivity contribution is 7.80. The van der Waals surface area contributed by atoms with Gasteiger partial charge in [0.25, 0.3) is 0 Å². The summed E-state index contributed by atoms with van der Waals surface area (Å²) in [4.78, 5) is 12.8. The monoisotopic (exact) mass is 370 g/mol. The summed E-state index contributed by atoms with van der Waals surface area (Å²) in [5.41, 5.74) is 10.4. The molecular formula is C19H22N4O2S. The van der Waals surface area contributed by atoms with Crippen molar-refractivity contribution < 1.29 is 9.53 Å². The molecule has 2 aromatic rings. The molecule has 3 rings (SSSR count). The van der Waals surface area contributed by atoms with E-state index in [4.69, 9.17) is 17.0 Å². The van der Waals surface area contributed by atoms with Gasteiger partial charge in [-0.3, -0.25) is 21.1 Å². The Morgan fingerprint density at radius 3 is 2.00 bits per heavy atom. The second kappa shape index (κ2) is 9.28. The van der Waals surface area contributed by atoms with Crippen molar-refractivity contribution in [2.24, 2.45) is 0 Å². The van der Waals surface area contributed by atoms with Gasteiger partial charge in [0.15, 0.2) is 5.11 Å². The van der Waals surface area contributed by atoms with E-state index in [1.165, 1.54) is 0 Å². The van der Waals surface area contributed by atoms with Gasteiger partial charge in [0, 0.05) is 13.1 Å². The molecule has 3 N–H and O–H groups in total. The van der Waals surface area contributed by atoms with Crippen LogP contribution in [0.2, 0.25) is 0 Å². The molecular weight excluding hydrogens is 348 g/mol. The van der Waals surface area contributed by atoms with Gasteiger partial charge in [-0.25, -0.2) is 5.01 Å². The van der Waals surface area contributed by atoms with Crippen LogP contribution in [0.4, 0.5) is 0 Å². The number of carbonyl (C=O) groups excluding carboxylic acids is 1. The molecule has 7 heteroatoms. The third-order valence-corrected chi connectivity index (χ3v) is 4.29. The van der Waals surface area contributed by atoms with E-state index in [9.17, 15) is 4.79 Å². The fourth-order valence-corrected chi connectivity index (χ4v) is 3.00. The predicted octanol–water partition coefficient (Wildman–Crippen LogP) is 1.56. The first kappa shape index (κ1) is 18.3. The zero-order valence-corrected chi connectivity index (χ0v) is 15.2. The Morgan fingerprint density at radius 2 is 1.46 bits per heavy atom. The molecule has 0 saturated carbocycles. The highest BCUT2D eigenvalue weighted by atomic mass is 32.1. The maximum Gasteiger partial charge on any atom is 0.250 e. The van der Waals surface area contributed by atoms with E-state index >= 15 is 0 Å². The number of morpholine rings is 1. The first-order chi connectivity index (χ1) is 12.7. The Balaban J connectivity index is 1.63. The molecule has 0 aromatic heterocycles. The minimum Gasteiger partial charge on any atom is -0.379 e. The Morgan fingerprint density at radius 1 is 0.923 bits per heavy atom. The summed E-state index contributed by atoms with van der Waals surface area (Å²) in [6.45, 7) is 2.80. The second-order valence-electron chi connectivity index (χ2n) is 5.91. The van der Waals surface area contributed by atoms with Crippen LogP contribution in [0, 0.1) is 0 Å². The molecule has 2 aromatic carbocycles. The zero-order chi connectivity index (χ0) is 18.2. The summed E-state index contributed by atoms with van der Waals surface area (Å²) in [5.74, 6) is -0.593. The highest BCUT2D eigenvalue weighted by Crippen LogP contribution is 2.24. The number of rotatable bonds is 4. The van der Waals surface area contributed by atoms with Gasteiger partial charge in [-0.2, -0.15) is 0 Å². The lowest BCUT2D eigenvalue weighted by Crippen LogP contribution is -2.55. The first-order valence-corrected chi connectivity index (χ1v) is 8.94. The number of hydrazine groups is 2. The third-order valence-electron chi connectivity index (χ3n) is 4.10. The number of carbonyl (C=O) groups is 1. The summed E-state index contributed by atoms with van der Waals surface area (Å²) < 4.78 is 5.29. The van der Waals surface area contributed by atoms with Crippen molar-refractivity contribution in [1.82, 2.24) is 21.3 Å². The van der Waals surface area contributed by atoms with E-state index in [0.717, 1.165) is 24.2 Å². The first-order valence-electron chi connectivity index (χ1n) is 8.53. The lowest BCUT2D eigenvalue weighted by Gasteiger charge is -2.28. The van der Waals surface area contributed by atoms with Gasteiger partial charge in [-0.1, -0.05) is 60.7 Å². The molecule has 1 heterocycles. The van der Waals surface area contributed by atoms with E-state index in [-0.39, 0.29) is 5.91 Å². The third kappa shape index (κ3) is 5.01. The summed E-state index contributed by atoms with van der Waals surface area (Å²) in [6.07, 6.45) is 0. The molecule has 0 unspecified atom stereocenters.